The lowest BCUT2D eigenvalue weighted by Gasteiger charge is -2.24. The van der Waals surface area contributed by atoms with Crippen LogP contribution in [0.1, 0.15) is 32.6 Å². The lowest BCUT2D eigenvalue weighted by Crippen LogP contribution is -2.44. The fraction of sp³-hybridized carbons (Fsp3) is 1.00. The summed E-state index contributed by atoms with van der Waals surface area (Å²) >= 11 is 0. The van der Waals surface area contributed by atoms with E-state index in [4.69, 9.17) is 5.73 Å². The van der Waals surface area contributed by atoms with Gasteiger partial charge >= 0.3 is 0 Å². The molecule has 0 spiro atoms. The predicted octanol–water partition coefficient (Wildman–Crippen LogP) is 0.228. The van der Waals surface area contributed by atoms with Crippen molar-refractivity contribution in [3.05, 3.63) is 0 Å². The maximum Gasteiger partial charge on any atom is 0.0771 e. The molecule has 1 atom stereocenters. The molecular formula is C9H20N2O. The Morgan fingerprint density at radius 2 is 2.08 bits per heavy atom. The van der Waals surface area contributed by atoms with Crippen molar-refractivity contribution < 1.29 is 5.11 Å². The fourth-order valence-corrected chi connectivity index (χ4v) is 1.66. The molecule has 4 N–H and O–H groups in total. The van der Waals surface area contributed by atoms with Gasteiger partial charge in [0, 0.05) is 19.1 Å². The van der Waals surface area contributed by atoms with E-state index in [0.29, 0.717) is 19.1 Å². The Kier molecular flexibility index (Phi) is 3.50. The van der Waals surface area contributed by atoms with Crippen LogP contribution in [0.3, 0.4) is 0 Å². The van der Waals surface area contributed by atoms with E-state index in [9.17, 15) is 5.11 Å². The van der Waals surface area contributed by atoms with Crippen LogP contribution in [0.15, 0.2) is 0 Å². The molecule has 1 saturated carbocycles. The van der Waals surface area contributed by atoms with Crippen molar-refractivity contribution in [1.82, 2.24) is 5.32 Å². The molecule has 1 rings (SSSR count). The SMILES string of the molecule is CC(CN)NCC1(O)CCCC1. The Labute approximate surface area is 74.3 Å². The minimum atomic E-state index is -0.441. The molecule has 3 nitrogen and oxygen atoms in total. The number of nitrogens with one attached hydrogen (secondary N) is 1. The second-order valence-corrected chi connectivity index (χ2v) is 3.95. The largest absolute Gasteiger partial charge is 0.389 e. The van der Waals surface area contributed by atoms with Gasteiger partial charge in [0.1, 0.15) is 0 Å². The molecule has 0 aromatic heterocycles. The average Bonchev–Trinajstić information content (AvgIpc) is 2.49. The fourth-order valence-electron chi connectivity index (χ4n) is 1.66. The minimum Gasteiger partial charge on any atom is -0.389 e. The third-order valence-electron chi connectivity index (χ3n) is 2.67. The van der Waals surface area contributed by atoms with Crippen molar-refractivity contribution in [3.63, 3.8) is 0 Å². The van der Waals surface area contributed by atoms with Crippen LogP contribution in [0.4, 0.5) is 0 Å². The average molecular weight is 172 g/mol. The van der Waals surface area contributed by atoms with Crippen molar-refractivity contribution in [2.24, 2.45) is 5.73 Å². The number of nitrogens with two attached hydrogens (primary N) is 1. The van der Waals surface area contributed by atoms with Crippen LogP contribution in [0.5, 0.6) is 0 Å². The van der Waals surface area contributed by atoms with Crippen molar-refractivity contribution in [2.75, 3.05) is 13.1 Å². The summed E-state index contributed by atoms with van der Waals surface area (Å²) in [7, 11) is 0. The van der Waals surface area contributed by atoms with Crippen LogP contribution in [-0.4, -0.2) is 29.8 Å². The van der Waals surface area contributed by atoms with Gasteiger partial charge in [-0.05, 0) is 19.8 Å². The molecule has 72 valence electrons. The first-order valence-electron chi connectivity index (χ1n) is 4.82. The molecule has 12 heavy (non-hydrogen) atoms. The summed E-state index contributed by atoms with van der Waals surface area (Å²) in [5.74, 6) is 0. The maximum atomic E-state index is 9.93. The zero-order valence-electron chi connectivity index (χ0n) is 7.84. The Bertz CT molecular complexity index is 132. The van der Waals surface area contributed by atoms with Gasteiger partial charge in [-0.15, -0.1) is 0 Å². The molecule has 0 radical (unpaired) electrons. The highest BCUT2D eigenvalue weighted by Crippen LogP contribution is 2.28. The van der Waals surface area contributed by atoms with Crippen LogP contribution in [0.25, 0.3) is 0 Å². The highest BCUT2D eigenvalue weighted by molar-refractivity contribution is 4.87. The highest BCUT2D eigenvalue weighted by atomic mass is 16.3. The second-order valence-electron chi connectivity index (χ2n) is 3.95. The van der Waals surface area contributed by atoms with Crippen LogP contribution in [0.2, 0.25) is 0 Å². The third kappa shape index (κ3) is 2.73. The zero-order chi connectivity index (χ0) is 9.03. The van der Waals surface area contributed by atoms with Crippen LogP contribution in [-0.2, 0) is 0 Å². The molecule has 1 aliphatic carbocycles. The Morgan fingerprint density at radius 1 is 1.50 bits per heavy atom. The summed E-state index contributed by atoms with van der Waals surface area (Å²) < 4.78 is 0. The number of hydrogen-bond donors (Lipinski definition) is 3. The normalized spacial score (nSPS) is 24.2. The second kappa shape index (κ2) is 4.21. The first kappa shape index (κ1) is 9.96. The number of rotatable bonds is 4. The van der Waals surface area contributed by atoms with Gasteiger partial charge in [0.05, 0.1) is 5.60 Å². The van der Waals surface area contributed by atoms with Gasteiger partial charge in [-0.1, -0.05) is 12.8 Å². The van der Waals surface area contributed by atoms with Gasteiger partial charge in [-0.3, -0.25) is 0 Å². The molecule has 0 aliphatic heterocycles. The van der Waals surface area contributed by atoms with Crippen molar-refractivity contribution in [3.8, 4) is 0 Å². The molecule has 1 aliphatic rings. The Hall–Kier alpha value is -0.120. The molecule has 1 fully saturated rings. The Morgan fingerprint density at radius 3 is 2.58 bits per heavy atom. The summed E-state index contributed by atoms with van der Waals surface area (Å²) in [5, 5.41) is 13.2. The van der Waals surface area contributed by atoms with Gasteiger partial charge in [0.25, 0.3) is 0 Å². The zero-order valence-corrected chi connectivity index (χ0v) is 7.84. The van der Waals surface area contributed by atoms with Crippen molar-refractivity contribution in [2.45, 2.75) is 44.2 Å². The van der Waals surface area contributed by atoms with Gasteiger partial charge in [-0.2, -0.15) is 0 Å². The van der Waals surface area contributed by atoms with Gasteiger partial charge in [0.15, 0.2) is 0 Å². The maximum absolute atomic E-state index is 9.93. The van der Waals surface area contributed by atoms with E-state index in [0.717, 1.165) is 25.7 Å². The van der Waals surface area contributed by atoms with E-state index in [2.05, 4.69) is 5.32 Å². The Balaban J connectivity index is 2.21. The van der Waals surface area contributed by atoms with Gasteiger partial charge in [-0.25, -0.2) is 0 Å². The molecule has 3 heteroatoms. The van der Waals surface area contributed by atoms with Crippen LogP contribution in [0, 0.1) is 0 Å². The summed E-state index contributed by atoms with van der Waals surface area (Å²) in [6.45, 7) is 3.37. The number of hydrogen-bond acceptors (Lipinski definition) is 3. The summed E-state index contributed by atoms with van der Waals surface area (Å²) in [4.78, 5) is 0. The first-order valence-corrected chi connectivity index (χ1v) is 4.82. The predicted molar refractivity (Wildman–Crippen MR) is 49.9 cm³/mol. The van der Waals surface area contributed by atoms with Gasteiger partial charge < -0.3 is 16.2 Å². The lowest BCUT2D eigenvalue weighted by molar-refractivity contribution is 0.0456. The monoisotopic (exact) mass is 172 g/mol. The van der Waals surface area contributed by atoms with E-state index in [1.54, 1.807) is 0 Å². The number of aliphatic hydroxyl groups is 1. The van der Waals surface area contributed by atoms with E-state index >= 15 is 0 Å². The van der Waals surface area contributed by atoms with E-state index in [1.807, 2.05) is 6.92 Å². The van der Waals surface area contributed by atoms with E-state index < -0.39 is 5.60 Å². The van der Waals surface area contributed by atoms with Gasteiger partial charge in [0.2, 0.25) is 0 Å². The van der Waals surface area contributed by atoms with E-state index in [1.165, 1.54) is 0 Å². The molecule has 0 amide bonds. The van der Waals surface area contributed by atoms with Crippen LogP contribution < -0.4 is 11.1 Å². The summed E-state index contributed by atoms with van der Waals surface area (Å²) in [5.41, 5.74) is 5.01. The smallest absolute Gasteiger partial charge is 0.0771 e. The quantitative estimate of drug-likeness (QED) is 0.569. The molecule has 0 aromatic rings. The minimum absolute atomic E-state index is 0.314. The third-order valence-corrected chi connectivity index (χ3v) is 2.67. The summed E-state index contributed by atoms with van der Waals surface area (Å²) in [6.07, 6.45) is 4.21. The molecule has 0 heterocycles. The molecular weight excluding hydrogens is 152 g/mol. The van der Waals surface area contributed by atoms with Crippen LogP contribution >= 0.6 is 0 Å². The highest BCUT2D eigenvalue weighted by Gasteiger charge is 2.30. The molecule has 0 bridgehead atoms. The first-order chi connectivity index (χ1) is 5.66. The topological polar surface area (TPSA) is 58.3 Å². The van der Waals surface area contributed by atoms with E-state index in [-0.39, 0.29) is 0 Å². The lowest BCUT2D eigenvalue weighted by atomic mass is 10.0. The van der Waals surface area contributed by atoms with Crippen molar-refractivity contribution >= 4 is 0 Å². The molecule has 1 unspecified atom stereocenters. The van der Waals surface area contributed by atoms with Crippen molar-refractivity contribution in [1.29, 1.82) is 0 Å². The molecule has 0 saturated heterocycles. The standard InChI is InChI=1S/C9H20N2O/c1-8(6-10)11-7-9(12)4-2-3-5-9/h8,11-12H,2-7,10H2,1H3. The molecule has 0 aromatic carbocycles. The summed E-state index contributed by atoms with van der Waals surface area (Å²) in [6, 6.07) is 0.314.